The first kappa shape index (κ1) is 18.0. The third-order valence-corrected chi connectivity index (χ3v) is 6.08. The van der Waals surface area contributed by atoms with E-state index in [9.17, 15) is 13.2 Å². The highest BCUT2D eigenvalue weighted by Gasteiger charge is 2.28. The lowest BCUT2D eigenvalue weighted by atomic mass is 9.97. The van der Waals surface area contributed by atoms with Crippen molar-refractivity contribution in [3.63, 3.8) is 0 Å². The van der Waals surface area contributed by atoms with Gasteiger partial charge in [-0.25, -0.2) is 8.42 Å². The van der Waals surface area contributed by atoms with Gasteiger partial charge < -0.3 is 5.11 Å². The summed E-state index contributed by atoms with van der Waals surface area (Å²) in [4.78, 5) is 11.2. The number of benzene rings is 1. The van der Waals surface area contributed by atoms with Gasteiger partial charge in [-0.1, -0.05) is 6.07 Å². The van der Waals surface area contributed by atoms with Crippen LogP contribution >= 0.6 is 0 Å². The lowest BCUT2D eigenvalue weighted by molar-refractivity contribution is -0.136. The molecule has 0 radical (unpaired) electrons. The normalized spacial score (nSPS) is 11.5. The maximum absolute atomic E-state index is 13.1. The number of aryl methyl sites for hydroxylation is 3. The fraction of sp³-hybridized carbons (Fsp3) is 0.375. The number of hydrogen-bond acceptors (Lipinski definition) is 4. The van der Waals surface area contributed by atoms with E-state index in [1.54, 1.807) is 46.1 Å². The van der Waals surface area contributed by atoms with Gasteiger partial charge >= 0.3 is 5.97 Å². The fourth-order valence-electron chi connectivity index (χ4n) is 2.86. The van der Waals surface area contributed by atoms with Crippen LogP contribution in [0.25, 0.3) is 0 Å². The Morgan fingerprint density at radius 1 is 1.29 bits per heavy atom. The summed E-state index contributed by atoms with van der Waals surface area (Å²) < 4.78 is 28.8. The van der Waals surface area contributed by atoms with Crippen LogP contribution in [-0.4, -0.2) is 36.3 Å². The average molecular weight is 351 g/mol. The maximum atomic E-state index is 13.1. The number of nitrogens with zero attached hydrogens (tertiary/aromatic N) is 3. The third-order valence-electron chi connectivity index (χ3n) is 4.03. The molecule has 1 aromatic heterocycles. The van der Waals surface area contributed by atoms with Crippen LogP contribution in [0.1, 0.15) is 22.3 Å². The zero-order valence-corrected chi connectivity index (χ0v) is 15.2. The predicted octanol–water partition coefficient (Wildman–Crippen LogP) is 1.80. The second-order valence-electron chi connectivity index (χ2n) is 5.83. The second-order valence-corrected chi connectivity index (χ2v) is 7.74. The number of anilines is 1. The van der Waals surface area contributed by atoms with E-state index in [-0.39, 0.29) is 11.3 Å². The summed E-state index contributed by atoms with van der Waals surface area (Å²) in [5.41, 5.74) is 2.35. The Hall–Kier alpha value is -2.35. The minimum atomic E-state index is -3.85. The van der Waals surface area contributed by atoms with Crippen LogP contribution in [-0.2, 0) is 28.3 Å². The Bertz CT molecular complexity index is 900. The zero-order chi connectivity index (χ0) is 18.2. The Balaban J connectivity index is 2.64. The van der Waals surface area contributed by atoms with Gasteiger partial charge in [0, 0.05) is 26.4 Å². The van der Waals surface area contributed by atoms with Crippen molar-refractivity contribution in [2.24, 2.45) is 7.05 Å². The summed E-state index contributed by atoms with van der Waals surface area (Å²) >= 11 is 0. The van der Waals surface area contributed by atoms with Crippen molar-refractivity contribution in [2.75, 3.05) is 11.4 Å². The van der Waals surface area contributed by atoms with E-state index in [0.717, 1.165) is 9.87 Å². The van der Waals surface area contributed by atoms with Crippen molar-refractivity contribution in [3.8, 4) is 0 Å². The Morgan fingerprint density at radius 2 is 1.92 bits per heavy atom. The van der Waals surface area contributed by atoms with Crippen molar-refractivity contribution in [1.29, 1.82) is 0 Å². The van der Waals surface area contributed by atoms with Gasteiger partial charge in [0.15, 0.2) is 5.82 Å². The molecule has 1 N–H and O–H groups in total. The molecule has 2 rings (SSSR count). The number of carboxylic acids is 1. The lowest BCUT2D eigenvalue weighted by Gasteiger charge is -2.22. The molecule has 0 spiro atoms. The maximum Gasteiger partial charge on any atom is 0.307 e. The van der Waals surface area contributed by atoms with E-state index in [1.807, 2.05) is 0 Å². The molecule has 0 aliphatic carbocycles. The molecule has 24 heavy (non-hydrogen) atoms. The van der Waals surface area contributed by atoms with Gasteiger partial charge in [0.05, 0.1) is 11.3 Å². The van der Waals surface area contributed by atoms with E-state index in [1.165, 1.54) is 11.7 Å². The SMILES string of the molecule is Cc1cc(C)c(S(=O)(=O)N(C)c2ccn(C)n2)c(C)c1CC(=O)O. The summed E-state index contributed by atoms with van der Waals surface area (Å²) in [5, 5.41) is 13.2. The van der Waals surface area contributed by atoms with Crippen LogP contribution < -0.4 is 4.31 Å². The van der Waals surface area contributed by atoms with Crippen LogP contribution in [0.15, 0.2) is 23.2 Å². The van der Waals surface area contributed by atoms with Crippen LogP contribution in [0.4, 0.5) is 5.82 Å². The fourth-order valence-corrected chi connectivity index (χ4v) is 4.45. The van der Waals surface area contributed by atoms with E-state index < -0.39 is 16.0 Å². The van der Waals surface area contributed by atoms with Crippen LogP contribution in [0.3, 0.4) is 0 Å². The average Bonchev–Trinajstić information content (AvgIpc) is 2.88. The van der Waals surface area contributed by atoms with Gasteiger partial charge in [-0.15, -0.1) is 0 Å². The first-order valence-corrected chi connectivity index (χ1v) is 8.79. The van der Waals surface area contributed by atoms with Crippen LogP contribution in [0.2, 0.25) is 0 Å². The first-order chi connectivity index (χ1) is 11.1. The molecule has 0 atom stereocenters. The Kier molecular flexibility index (Phi) is 4.70. The molecular weight excluding hydrogens is 330 g/mol. The van der Waals surface area contributed by atoms with Crippen LogP contribution in [0, 0.1) is 20.8 Å². The summed E-state index contributed by atoms with van der Waals surface area (Å²) in [6.07, 6.45) is 1.44. The molecule has 0 bridgehead atoms. The number of carboxylic acid groups (broad SMARTS) is 1. The van der Waals surface area contributed by atoms with Crippen molar-refractivity contribution in [1.82, 2.24) is 9.78 Å². The monoisotopic (exact) mass is 351 g/mol. The number of hydrogen-bond donors (Lipinski definition) is 1. The summed E-state index contributed by atoms with van der Waals surface area (Å²) in [7, 11) is -0.707. The van der Waals surface area contributed by atoms with Gasteiger partial charge in [-0.2, -0.15) is 5.10 Å². The molecule has 8 heteroatoms. The van der Waals surface area contributed by atoms with Gasteiger partial charge in [-0.05, 0) is 43.0 Å². The molecule has 2 aromatic rings. The summed E-state index contributed by atoms with van der Waals surface area (Å²) in [6, 6.07) is 3.32. The van der Waals surface area contributed by atoms with Crippen molar-refractivity contribution >= 4 is 21.8 Å². The smallest absolute Gasteiger partial charge is 0.307 e. The molecule has 0 saturated heterocycles. The molecule has 7 nitrogen and oxygen atoms in total. The van der Waals surface area contributed by atoms with E-state index in [2.05, 4.69) is 5.10 Å². The highest BCUT2D eigenvalue weighted by molar-refractivity contribution is 7.92. The highest BCUT2D eigenvalue weighted by Crippen LogP contribution is 2.30. The van der Waals surface area contributed by atoms with E-state index in [0.29, 0.717) is 22.5 Å². The summed E-state index contributed by atoms with van der Waals surface area (Å²) in [5.74, 6) is -0.692. The van der Waals surface area contributed by atoms with Gasteiger partial charge in [0.2, 0.25) is 0 Å². The number of aliphatic carboxylic acids is 1. The van der Waals surface area contributed by atoms with Crippen LogP contribution in [0.5, 0.6) is 0 Å². The molecule has 1 aromatic carbocycles. The number of aromatic nitrogens is 2. The largest absolute Gasteiger partial charge is 0.481 e. The highest BCUT2D eigenvalue weighted by atomic mass is 32.2. The van der Waals surface area contributed by atoms with Crippen molar-refractivity contribution < 1.29 is 18.3 Å². The number of carbonyl (C=O) groups is 1. The molecule has 0 amide bonds. The molecular formula is C16H21N3O4S. The molecule has 130 valence electrons. The number of sulfonamides is 1. The summed E-state index contributed by atoms with van der Waals surface area (Å²) in [6.45, 7) is 5.15. The predicted molar refractivity (Wildman–Crippen MR) is 90.8 cm³/mol. The van der Waals surface area contributed by atoms with Gasteiger partial charge in [0.25, 0.3) is 10.0 Å². The molecule has 0 aliphatic rings. The molecule has 0 fully saturated rings. The molecule has 0 unspecified atom stereocenters. The molecule has 0 aliphatic heterocycles. The minimum Gasteiger partial charge on any atom is -0.481 e. The van der Waals surface area contributed by atoms with E-state index in [4.69, 9.17) is 5.11 Å². The minimum absolute atomic E-state index is 0.137. The quantitative estimate of drug-likeness (QED) is 0.887. The first-order valence-electron chi connectivity index (χ1n) is 7.35. The number of rotatable bonds is 5. The second kappa shape index (κ2) is 6.27. The topological polar surface area (TPSA) is 92.5 Å². The van der Waals surface area contributed by atoms with Gasteiger partial charge in [0.1, 0.15) is 0 Å². The zero-order valence-electron chi connectivity index (χ0n) is 14.4. The van der Waals surface area contributed by atoms with Crippen molar-refractivity contribution in [2.45, 2.75) is 32.1 Å². The standard InChI is InChI=1S/C16H21N3O4S/c1-10-8-11(2)16(12(3)13(10)9-15(20)21)24(22,23)19(5)14-6-7-18(4)17-14/h6-8H,9H2,1-5H3,(H,20,21). The Morgan fingerprint density at radius 3 is 2.42 bits per heavy atom. The Labute approximate surface area is 141 Å². The van der Waals surface area contributed by atoms with Gasteiger partial charge in [-0.3, -0.25) is 13.8 Å². The third kappa shape index (κ3) is 3.14. The lowest BCUT2D eigenvalue weighted by Crippen LogP contribution is -2.29. The molecule has 1 heterocycles. The van der Waals surface area contributed by atoms with Crippen molar-refractivity contribution in [3.05, 3.63) is 40.6 Å². The molecule has 0 saturated carbocycles. The van der Waals surface area contributed by atoms with E-state index >= 15 is 0 Å².